The molecule has 2 aliphatic heterocycles. The van der Waals surface area contributed by atoms with Crippen molar-refractivity contribution in [2.45, 2.75) is 77.2 Å². The number of aryl methyl sites for hydroxylation is 1. The van der Waals surface area contributed by atoms with Gasteiger partial charge in [-0.05, 0) is 47.0 Å². The third kappa shape index (κ3) is 2.86. The second-order valence-electron chi connectivity index (χ2n) is 6.88. The van der Waals surface area contributed by atoms with Crippen molar-refractivity contribution in [1.82, 2.24) is 10.3 Å². The molecule has 3 heterocycles. The lowest BCUT2D eigenvalue weighted by Gasteiger charge is -2.20. The van der Waals surface area contributed by atoms with Gasteiger partial charge in [0.1, 0.15) is 0 Å². The molecule has 0 saturated carbocycles. The molecule has 106 valence electrons. The lowest BCUT2D eigenvalue weighted by atomic mass is 9.90. The van der Waals surface area contributed by atoms with Gasteiger partial charge in [0.15, 0.2) is 0 Å². The van der Waals surface area contributed by atoms with Gasteiger partial charge < -0.3 is 10.1 Å². The number of nitrogens with one attached hydrogen (secondary N) is 1. The van der Waals surface area contributed by atoms with E-state index in [0.717, 1.165) is 6.54 Å². The third-order valence-corrected chi connectivity index (χ3v) is 5.40. The Morgan fingerprint density at radius 2 is 2.16 bits per heavy atom. The number of rotatable bonds is 3. The van der Waals surface area contributed by atoms with Gasteiger partial charge in [-0.2, -0.15) is 0 Å². The molecule has 19 heavy (non-hydrogen) atoms. The van der Waals surface area contributed by atoms with Gasteiger partial charge in [-0.1, -0.05) is 0 Å². The number of hydrogen-bond donors (Lipinski definition) is 1. The molecule has 0 aliphatic carbocycles. The van der Waals surface area contributed by atoms with Crippen molar-refractivity contribution in [3.63, 3.8) is 0 Å². The van der Waals surface area contributed by atoms with Crippen molar-refractivity contribution in [1.29, 1.82) is 0 Å². The predicted octanol–water partition coefficient (Wildman–Crippen LogP) is 3.37. The molecule has 2 aliphatic rings. The summed E-state index contributed by atoms with van der Waals surface area (Å²) in [6.07, 6.45) is 4.62. The number of ether oxygens (including phenoxy) is 1. The van der Waals surface area contributed by atoms with Crippen molar-refractivity contribution >= 4 is 11.3 Å². The second kappa shape index (κ2) is 4.83. The molecule has 0 amide bonds. The summed E-state index contributed by atoms with van der Waals surface area (Å²) in [5.74, 6) is 0.561. The molecule has 2 saturated heterocycles. The molecule has 0 radical (unpaired) electrons. The summed E-state index contributed by atoms with van der Waals surface area (Å²) in [4.78, 5) is 6.19. The predicted molar refractivity (Wildman–Crippen MR) is 78.7 cm³/mol. The van der Waals surface area contributed by atoms with Gasteiger partial charge in [0, 0.05) is 22.9 Å². The molecule has 2 fully saturated rings. The largest absolute Gasteiger partial charge is 0.374 e. The SMILES string of the molecule is Cc1nc(C2CC3CCC2O3)sc1CNC(C)(C)C. The first kappa shape index (κ1) is 13.5. The molecule has 1 N–H and O–H groups in total. The second-order valence-corrected chi connectivity index (χ2v) is 8.00. The minimum absolute atomic E-state index is 0.159. The Balaban J connectivity index is 1.71. The van der Waals surface area contributed by atoms with E-state index in [1.54, 1.807) is 0 Å². The Morgan fingerprint density at radius 1 is 1.37 bits per heavy atom. The van der Waals surface area contributed by atoms with Gasteiger partial charge in [0.05, 0.1) is 22.9 Å². The first-order valence-electron chi connectivity index (χ1n) is 7.29. The van der Waals surface area contributed by atoms with Crippen LogP contribution in [0.4, 0.5) is 0 Å². The van der Waals surface area contributed by atoms with Gasteiger partial charge in [-0.3, -0.25) is 0 Å². The van der Waals surface area contributed by atoms with E-state index in [0.29, 0.717) is 18.1 Å². The molecule has 2 bridgehead atoms. The number of nitrogens with zero attached hydrogens (tertiary/aromatic N) is 1. The van der Waals surface area contributed by atoms with E-state index in [-0.39, 0.29) is 5.54 Å². The van der Waals surface area contributed by atoms with Gasteiger partial charge in [0.25, 0.3) is 0 Å². The maximum Gasteiger partial charge on any atom is 0.0989 e. The fraction of sp³-hybridized carbons (Fsp3) is 0.800. The Kier molecular flexibility index (Phi) is 3.44. The molecule has 3 unspecified atom stereocenters. The van der Waals surface area contributed by atoms with Crippen LogP contribution in [-0.2, 0) is 11.3 Å². The first-order valence-corrected chi connectivity index (χ1v) is 8.11. The topological polar surface area (TPSA) is 34.1 Å². The van der Waals surface area contributed by atoms with Crippen molar-refractivity contribution in [2.24, 2.45) is 0 Å². The van der Waals surface area contributed by atoms with Crippen molar-refractivity contribution in [3.8, 4) is 0 Å². The van der Waals surface area contributed by atoms with Crippen LogP contribution in [0, 0.1) is 6.92 Å². The van der Waals surface area contributed by atoms with Crippen LogP contribution < -0.4 is 5.32 Å². The summed E-state index contributed by atoms with van der Waals surface area (Å²) in [5, 5.41) is 4.86. The Morgan fingerprint density at radius 3 is 2.74 bits per heavy atom. The number of hydrogen-bond acceptors (Lipinski definition) is 4. The summed E-state index contributed by atoms with van der Waals surface area (Å²) in [6, 6.07) is 0. The molecule has 0 aromatic carbocycles. The molecule has 3 atom stereocenters. The standard InChI is InChI=1S/C15H24N2OS/c1-9-13(8-16-15(2,3)4)19-14(17-9)11-7-10-5-6-12(11)18-10/h10-12,16H,5-8H2,1-4H3. The highest BCUT2D eigenvalue weighted by atomic mass is 32.1. The normalized spacial score (nSPS) is 30.2. The highest BCUT2D eigenvalue weighted by Crippen LogP contribution is 2.45. The number of thiazole rings is 1. The highest BCUT2D eigenvalue weighted by molar-refractivity contribution is 7.11. The fourth-order valence-electron chi connectivity index (χ4n) is 3.02. The molecular formula is C15H24N2OS. The van der Waals surface area contributed by atoms with Gasteiger partial charge in [0.2, 0.25) is 0 Å². The van der Waals surface area contributed by atoms with E-state index < -0.39 is 0 Å². The number of aromatic nitrogens is 1. The molecule has 0 spiro atoms. The molecule has 1 aromatic rings. The van der Waals surface area contributed by atoms with Crippen LogP contribution in [0.3, 0.4) is 0 Å². The zero-order valence-electron chi connectivity index (χ0n) is 12.3. The van der Waals surface area contributed by atoms with Crippen LogP contribution in [0.5, 0.6) is 0 Å². The van der Waals surface area contributed by atoms with E-state index in [1.807, 2.05) is 11.3 Å². The van der Waals surface area contributed by atoms with Crippen LogP contribution in [-0.4, -0.2) is 22.7 Å². The minimum Gasteiger partial charge on any atom is -0.374 e. The molecule has 3 nitrogen and oxygen atoms in total. The van der Waals surface area contributed by atoms with Crippen molar-refractivity contribution in [3.05, 3.63) is 15.6 Å². The molecule has 1 aromatic heterocycles. The molecule has 4 heteroatoms. The van der Waals surface area contributed by atoms with Crippen molar-refractivity contribution < 1.29 is 4.74 Å². The molecular weight excluding hydrogens is 256 g/mol. The average molecular weight is 280 g/mol. The quantitative estimate of drug-likeness (QED) is 0.921. The Labute approximate surface area is 119 Å². The summed E-state index contributed by atoms with van der Waals surface area (Å²) in [5.41, 5.74) is 1.35. The summed E-state index contributed by atoms with van der Waals surface area (Å²) in [7, 11) is 0. The van der Waals surface area contributed by atoms with Crippen LogP contribution in [0.15, 0.2) is 0 Å². The van der Waals surface area contributed by atoms with Crippen molar-refractivity contribution in [2.75, 3.05) is 0 Å². The van der Waals surface area contributed by atoms with Crippen LogP contribution in [0.25, 0.3) is 0 Å². The fourth-order valence-corrected chi connectivity index (χ4v) is 4.19. The summed E-state index contributed by atoms with van der Waals surface area (Å²) < 4.78 is 5.95. The van der Waals surface area contributed by atoms with Gasteiger partial charge >= 0.3 is 0 Å². The Hall–Kier alpha value is -0.450. The smallest absolute Gasteiger partial charge is 0.0989 e. The van der Waals surface area contributed by atoms with E-state index in [4.69, 9.17) is 9.72 Å². The van der Waals surface area contributed by atoms with Gasteiger partial charge in [-0.15, -0.1) is 11.3 Å². The van der Waals surface area contributed by atoms with E-state index in [1.165, 1.54) is 34.8 Å². The minimum atomic E-state index is 0.159. The monoisotopic (exact) mass is 280 g/mol. The highest BCUT2D eigenvalue weighted by Gasteiger charge is 2.42. The number of fused-ring (bicyclic) bond motifs is 2. The zero-order valence-corrected chi connectivity index (χ0v) is 13.1. The molecule has 3 rings (SSSR count). The third-order valence-electron chi connectivity index (χ3n) is 4.11. The zero-order chi connectivity index (χ0) is 13.6. The van der Waals surface area contributed by atoms with Gasteiger partial charge in [-0.25, -0.2) is 4.98 Å². The van der Waals surface area contributed by atoms with Crippen LogP contribution in [0.2, 0.25) is 0 Å². The van der Waals surface area contributed by atoms with Crippen LogP contribution in [0.1, 0.15) is 61.5 Å². The summed E-state index contributed by atoms with van der Waals surface area (Å²) >= 11 is 1.88. The lowest BCUT2D eigenvalue weighted by molar-refractivity contribution is 0.101. The Bertz CT molecular complexity index is 463. The summed E-state index contributed by atoms with van der Waals surface area (Å²) in [6.45, 7) is 9.67. The van der Waals surface area contributed by atoms with Crippen LogP contribution >= 0.6 is 11.3 Å². The maximum atomic E-state index is 5.95. The van der Waals surface area contributed by atoms with E-state index in [9.17, 15) is 0 Å². The maximum absolute atomic E-state index is 5.95. The first-order chi connectivity index (χ1) is 8.92. The van der Waals surface area contributed by atoms with E-state index in [2.05, 4.69) is 33.0 Å². The average Bonchev–Trinajstić information content (AvgIpc) is 2.99. The van der Waals surface area contributed by atoms with E-state index >= 15 is 0 Å². The lowest BCUT2D eigenvalue weighted by Crippen LogP contribution is -2.34.